The second kappa shape index (κ2) is 5.50. The molecule has 2 atom stereocenters. The first-order chi connectivity index (χ1) is 9.56. The van der Waals surface area contributed by atoms with Crippen molar-refractivity contribution in [3.8, 4) is 0 Å². The van der Waals surface area contributed by atoms with Gasteiger partial charge in [-0.05, 0) is 41.7 Å². The number of fused-ring (bicyclic) bond motifs is 1. The standard InChI is InChI=1S/C18H28N2/c1-18(2)10-5-8-16(17(18)19)13-20-11-9-14-6-3-4-7-15(14)12-20/h3-4,6-7,16-17H,5,8-13,19H2,1-2H3. The van der Waals surface area contributed by atoms with Crippen LogP contribution in [0.4, 0.5) is 0 Å². The Labute approximate surface area is 123 Å². The van der Waals surface area contributed by atoms with Crippen molar-refractivity contribution in [2.45, 2.75) is 52.1 Å². The van der Waals surface area contributed by atoms with Gasteiger partial charge in [0.2, 0.25) is 0 Å². The summed E-state index contributed by atoms with van der Waals surface area (Å²) in [4.78, 5) is 2.62. The molecule has 0 amide bonds. The predicted molar refractivity (Wildman–Crippen MR) is 84.5 cm³/mol. The van der Waals surface area contributed by atoms with E-state index in [-0.39, 0.29) is 0 Å². The first-order valence-electron chi connectivity index (χ1n) is 8.11. The van der Waals surface area contributed by atoms with Crippen LogP contribution in [-0.2, 0) is 13.0 Å². The number of nitrogens with zero attached hydrogens (tertiary/aromatic N) is 1. The number of rotatable bonds is 2. The molecule has 1 aromatic carbocycles. The van der Waals surface area contributed by atoms with Crippen molar-refractivity contribution in [3.05, 3.63) is 35.4 Å². The molecule has 0 spiro atoms. The van der Waals surface area contributed by atoms with Crippen LogP contribution < -0.4 is 5.73 Å². The highest BCUT2D eigenvalue weighted by atomic mass is 15.1. The van der Waals surface area contributed by atoms with Crippen molar-refractivity contribution >= 4 is 0 Å². The number of nitrogens with two attached hydrogens (primary N) is 1. The van der Waals surface area contributed by atoms with E-state index >= 15 is 0 Å². The zero-order chi connectivity index (χ0) is 14.2. The summed E-state index contributed by atoms with van der Waals surface area (Å²) in [6, 6.07) is 9.24. The maximum atomic E-state index is 6.54. The summed E-state index contributed by atoms with van der Waals surface area (Å²) < 4.78 is 0. The third kappa shape index (κ3) is 2.77. The molecule has 0 aromatic heterocycles. The molecule has 1 aliphatic heterocycles. The van der Waals surface area contributed by atoms with Crippen molar-refractivity contribution in [1.82, 2.24) is 4.90 Å². The Balaban J connectivity index is 1.65. The Hall–Kier alpha value is -0.860. The highest BCUT2D eigenvalue weighted by molar-refractivity contribution is 5.29. The third-order valence-corrected chi connectivity index (χ3v) is 5.51. The van der Waals surface area contributed by atoms with Gasteiger partial charge in [0, 0.05) is 25.7 Å². The van der Waals surface area contributed by atoms with E-state index in [1.807, 2.05) is 0 Å². The highest BCUT2D eigenvalue weighted by Crippen LogP contribution is 2.38. The van der Waals surface area contributed by atoms with Gasteiger partial charge in [0.15, 0.2) is 0 Å². The van der Waals surface area contributed by atoms with Crippen LogP contribution in [0.25, 0.3) is 0 Å². The molecular weight excluding hydrogens is 244 g/mol. The topological polar surface area (TPSA) is 29.3 Å². The van der Waals surface area contributed by atoms with Gasteiger partial charge in [-0.2, -0.15) is 0 Å². The van der Waals surface area contributed by atoms with Crippen LogP contribution in [0.2, 0.25) is 0 Å². The van der Waals surface area contributed by atoms with Crippen LogP contribution in [0.3, 0.4) is 0 Å². The third-order valence-electron chi connectivity index (χ3n) is 5.51. The van der Waals surface area contributed by atoms with Crippen LogP contribution in [0.1, 0.15) is 44.2 Å². The monoisotopic (exact) mass is 272 g/mol. The van der Waals surface area contributed by atoms with E-state index in [2.05, 4.69) is 43.0 Å². The van der Waals surface area contributed by atoms with Crippen molar-refractivity contribution in [1.29, 1.82) is 0 Å². The number of benzene rings is 1. The fourth-order valence-electron chi connectivity index (χ4n) is 4.05. The zero-order valence-corrected chi connectivity index (χ0v) is 12.9. The minimum Gasteiger partial charge on any atom is -0.327 e. The quantitative estimate of drug-likeness (QED) is 0.896. The molecular formula is C18H28N2. The summed E-state index contributed by atoms with van der Waals surface area (Å²) in [5.74, 6) is 0.670. The van der Waals surface area contributed by atoms with E-state index in [4.69, 9.17) is 5.73 Å². The van der Waals surface area contributed by atoms with Gasteiger partial charge in [0.1, 0.15) is 0 Å². The second-order valence-electron chi connectivity index (χ2n) is 7.42. The molecule has 3 rings (SSSR count). The number of hydrogen-bond donors (Lipinski definition) is 1. The second-order valence-corrected chi connectivity index (χ2v) is 7.42. The van der Waals surface area contributed by atoms with E-state index in [1.54, 1.807) is 0 Å². The Kier molecular flexibility index (Phi) is 3.87. The molecule has 2 nitrogen and oxygen atoms in total. The summed E-state index contributed by atoms with van der Waals surface area (Å²) in [5.41, 5.74) is 9.91. The van der Waals surface area contributed by atoms with E-state index < -0.39 is 0 Å². The summed E-state index contributed by atoms with van der Waals surface area (Å²) in [6.07, 6.45) is 5.13. The van der Waals surface area contributed by atoms with Gasteiger partial charge >= 0.3 is 0 Å². The van der Waals surface area contributed by atoms with Crippen LogP contribution >= 0.6 is 0 Å². The van der Waals surface area contributed by atoms with Gasteiger partial charge in [-0.1, -0.05) is 44.5 Å². The van der Waals surface area contributed by atoms with Crippen molar-refractivity contribution in [2.75, 3.05) is 13.1 Å². The Bertz CT molecular complexity index is 466. The predicted octanol–water partition coefficient (Wildman–Crippen LogP) is 3.20. The molecule has 1 saturated carbocycles. The molecule has 1 aliphatic carbocycles. The lowest BCUT2D eigenvalue weighted by atomic mass is 9.68. The Morgan fingerprint density at radius 2 is 2.00 bits per heavy atom. The smallest absolute Gasteiger partial charge is 0.0236 e. The molecule has 2 heteroatoms. The molecule has 0 bridgehead atoms. The lowest BCUT2D eigenvalue weighted by Gasteiger charge is -2.44. The van der Waals surface area contributed by atoms with E-state index in [9.17, 15) is 0 Å². The number of hydrogen-bond acceptors (Lipinski definition) is 2. The van der Waals surface area contributed by atoms with Crippen LogP contribution in [0, 0.1) is 11.3 Å². The molecule has 1 heterocycles. The maximum Gasteiger partial charge on any atom is 0.0236 e. The fraction of sp³-hybridized carbons (Fsp3) is 0.667. The maximum absolute atomic E-state index is 6.54. The SMILES string of the molecule is CC1(C)CCCC(CN2CCc3ccccc3C2)C1N. The van der Waals surface area contributed by atoms with Gasteiger partial charge in [-0.15, -0.1) is 0 Å². The summed E-state index contributed by atoms with van der Waals surface area (Å²) in [6.45, 7) is 8.17. The summed E-state index contributed by atoms with van der Waals surface area (Å²) >= 11 is 0. The lowest BCUT2D eigenvalue weighted by Crippen LogP contribution is -2.50. The molecule has 1 fully saturated rings. The fourth-order valence-corrected chi connectivity index (χ4v) is 4.05. The molecule has 1 aromatic rings. The normalized spacial score (nSPS) is 29.9. The Morgan fingerprint density at radius 3 is 2.80 bits per heavy atom. The van der Waals surface area contributed by atoms with Crippen molar-refractivity contribution in [2.24, 2.45) is 17.1 Å². The molecule has 110 valence electrons. The highest BCUT2D eigenvalue weighted by Gasteiger charge is 2.37. The Morgan fingerprint density at radius 1 is 1.25 bits per heavy atom. The molecule has 2 unspecified atom stereocenters. The minimum atomic E-state index is 0.316. The van der Waals surface area contributed by atoms with Crippen LogP contribution in [0.5, 0.6) is 0 Å². The van der Waals surface area contributed by atoms with E-state index in [0.29, 0.717) is 17.4 Å². The molecule has 0 saturated heterocycles. The van der Waals surface area contributed by atoms with E-state index in [0.717, 1.165) is 6.54 Å². The molecule has 0 radical (unpaired) electrons. The van der Waals surface area contributed by atoms with Crippen LogP contribution in [0.15, 0.2) is 24.3 Å². The van der Waals surface area contributed by atoms with Crippen LogP contribution in [-0.4, -0.2) is 24.0 Å². The van der Waals surface area contributed by atoms with E-state index in [1.165, 1.54) is 49.9 Å². The largest absolute Gasteiger partial charge is 0.327 e. The summed E-state index contributed by atoms with van der Waals surface area (Å²) in [5, 5.41) is 0. The first kappa shape index (κ1) is 14.1. The zero-order valence-electron chi connectivity index (χ0n) is 12.9. The summed E-state index contributed by atoms with van der Waals surface area (Å²) in [7, 11) is 0. The lowest BCUT2D eigenvalue weighted by molar-refractivity contribution is 0.0972. The van der Waals surface area contributed by atoms with Gasteiger partial charge in [0.05, 0.1) is 0 Å². The van der Waals surface area contributed by atoms with Crippen molar-refractivity contribution < 1.29 is 0 Å². The van der Waals surface area contributed by atoms with Gasteiger partial charge < -0.3 is 5.73 Å². The molecule has 2 aliphatic rings. The molecule has 20 heavy (non-hydrogen) atoms. The average Bonchev–Trinajstić information content (AvgIpc) is 2.44. The minimum absolute atomic E-state index is 0.316. The molecule has 2 N–H and O–H groups in total. The van der Waals surface area contributed by atoms with Crippen molar-refractivity contribution in [3.63, 3.8) is 0 Å². The van der Waals surface area contributed by atoms with Gasteiger partial charge in [0.25, 0.3) is 0 Å². The average molecular weight is 272 g/mol. The first-order valence-corrected chi connectivity index (χ1v) is 8.11. The van der Waals surface area contributed by atoms with Gasteiger partial charge in [-0.3, -0.25) is 4.90 Å². The van der Waals surface area contributed by atoms with Gasteiger partial charge in [-0.25, -0.2) is 0 Å².